The van der Waals surface area contributed by atoms with Gasteiger partial charge in [-0.05, 0) is 30.3 Å². The van der Waals surface area contributed by atoms with E-state index in [4.69, 9.17) is 17.3 Å². The quantitative estimate of drug-likeness (QED) is 0.560. The summed E-state index contributed by atoms with van der Waals surface area (Å²) in [6.07, 6.45) is -3.26. The summed E-state index contributed by atoms with van der Waals surface area (Å²) >= 11 is 6.96. The highest BCUT2D eigenvalue weighted by Crippen LogP contribution is 2.38. The first-order valence-electron chi connectivity index (χ1n) is 7.32. The molecule has 3 aromatic rings. The number of aromatic nitrogens is 2. The molecular formula is C17H12ClF3N4S. The molecule has 2 aromatic carbocycles. The second kappa shape index (κ2) is 7.43. The molecule has 0 unspecified atom stereocenters. The van der Waals surface area contributed by atoms with Crippen LogP contribution in [0.5, 0.6) is 0 Å². The second-order valence-corrected chi connectivity index (χ2v) is 6.64. The van der Waals surface area contributed by atoms with Crippen molar-refractivity contribution in [3.8, 4) is 0 Å². The minimum absolute atomic E-state index is 0.169. The van der Waals surface area contributed by atoms with E-state index in [2.05, 4.69) is 15.3 Å². The summed E-state index contributed by atoms with van der Waals surface area (Å²) in [6, 6.07) is 12.9. The Morgan fingerprint density at radius 1 is 1.04 bits per heavy atom. The average molecular weight is 397 g/mol. The number of anilines is 3. The van der Waals surface area contributed by atoms with Gasteiger partial charge in [-0.3, -0.25) is 0 Å². The second-order valence-electron chi connectivity index (χ2n) is 5.17. The molecule has 0 aliphatic rings. The van der Waals surface area contributed by atoms with E-state index in [0.29, 0.717) is 5.03 Å². The summed E-state index contributed by atoms with van der Waals surface area (Å²) in [4.78, 5) is 9.07. The largest absolute Gasteiger partial charge is 0.417 e. The van der Waals surface area contributed by atoms with Crippen LogP contribution in [-0.4, -0.2) is 9.97 Å². The highest BCUT2D eigenvalue weighted by atomic mass is 35.5. The minimum atomic E-state index is -4.56. The van der Waals surface area contributed by atoms with Crippen molar-refractivity contribution in [2.75, 3.05) is 11.1 Å². The first-order valence-corrected chi connectivity index (χ1v) is 8.51. The molecular weight excluding hydrogens is 385 g/mol. The maximum Gasteiger partial charge on any atom is 0.417 e. The fraction of sp³-hybridized carbons (Fsp3) is 0.0588. The lowest BCUT2D eigenvalue weighted by molar-refractivity contribution is -0.137. The molecule has 0 spiro atoms. The van der Waals surface area contributed by atoms with Crippen molar-refractivity contribution in [3.63, 3.8) is 0 Å². The number of nitrogens with one attached hydrogen (secondary N) is 1. The Hall–Kier alpha value is -2.45. The Morgan fingerprint density at radius 2 is 1.77 bits per heavy atom. The Balaban J connectivity index is 1.88. The van der Waals surface area contributed by atoms with Crippen LogP contribution in [-0.2, 0) is 6.18 Å². The summed E-state index contributed by atoms with van der Waals surface area (Å²) in [6.45, 7) is 0. The summed E-state index contributed by atoms with van der Waals surface area (Å²) < 4.78 is 39.0. The molecule has 0 aliphatic carbocycles. The highest BCUT2D eigenvalue weighted by Gasteiger charge is 2.33. The number of rotatable bonds is 4. The van der Waals surface area contributed by atoms with Crippen LogP contribution in [0, 0.1) is 0 Å². The highest BCUT2D eigenvalue weighted by molar-refractivity contribution is 7.99. The summed E-state index contributed by atoms with van der Waals surface area (Å²) in [5.74, 6) is 0.217. The van der Waals surface area contributed by atoms with Crippen molar-refractivity contribution in [2.24, 2.45) is 0 Å². The van der Waals surface area contributed by atoms with Crippen molar-refractivity contribution in [1.82, 2.24) is 9.97 Å². The minimum Gasteiger partial charge on any atom is -0.394 e. The van der Waals surface area contributed by atoms with Crippen LogP contribution in [0.25, 0.3) is 0 Å². The van der Waals surface area contributed by atoms with Gasteiger partial charge in [0.2, 0.25) is 0 Å². The molecule has 0 bridgehead atoms. The zero-order valence-corrected chi connectivity index (χ0v) is 14.7. The monoisotopic (exact) mass is 396 g/mol. The normalized spacial score (nSPS) is 11.4. The van der Waals surface area contributed by atoms with E-state index in [1.807, 2.05) is 30.3 Å². The number of nitrogens with two attached hydrogens (primary N) is 1. The Bertz CT molecular complexity index is 920. The molecule has 4 nitrogen and oxygen atoms in total. The molecule has 0 aliphatic heterocycles. The Kier molecular flexibility index (Phi) is 5.24. The van der Waals surface area contributed by atoms with Gasteiger partial charge in [0.1, 0.15) is 17.0 Å². The molecule has 0 saturated carbocycles. The van der Waals surface area contributed by atoms with E-state index < -0.39 is 11.7 Å². The van der Waals surface area contributed by atoms with E-state index in [9.17, 15) is 13.2 Å². The first kappa shape index (κ1) is 18.3. The van der Waals surface area contributed by atoms with Gasteiger partial charge in [0.15, 0.2) is 5.82 Å². The molecule has 26 heavy (non-hydrogen) atoms. The van der Waals surface area contributed by atoms with E-state index in [-0.39, 0.29) is 22.2 Å². The molecule has 3 N–H and O–H groups in total. The van der Waals surface area contributed by atoms with Crippen molar-refractivity contribution in [1.29, 1.82) is 0 Å². The van der Waals surface area contributed by atoms with Crippen molar-refractivity contribution in [3.05, 3.63) is 65.4 Å². The number of alkyl halides is 3. The maximum atomic E-state index is 13.0. The van der Waals surface area contributed by atoms with Crippen LogP contribution < -0.4 is 11.1 Å². The predicted molar refractivity (Wildman–Crippen MR) is 96.7 cm³/mol. The molecule has 3 rings (SSSR count). The van der Waals surface area contributed by atoms with Crippen LogP contribution in [0.2, 0.25) is 5.02 Å². The maximum absolute atomic E-state index is 13.0. The van der Waals surface area contributed by atoms with Crippen LogP contribution in [0.4, 0.5) is 30.4 Å². The standard InChI is InChI=1S/C17H12ClF3N4S/c18-13-7-6-10(8-12(13)17(19,20)21)25-15-14(22)16(24-9-23-15)26-11-4-2-1-3-5-11/h1-9H,22H2,(H,23,24,25). The van der Waals surface area contributed by atoms with Gasteiger partial charge in [0.05, 0.1) is 10.6 Å². The zero-order chi connectivity index (χ0) is 18.7. The molecule has 9 heteroatoms. The smallest absolute Gasteiger partial charge is 0.394 e. The molecule has 1 heterocycles. The van der Waals surface area contributed by atoms with Crippen LogP contribution >= 0.6 is 23.4 Å². The SMILES string of the molecule is Nc1c(Nc2ccc(Cl)c(C(F)(F)F)c2)ncnc1Sc1ccccc1. The summed E-state index contributed by atoms with van der Waals surface area (Å²) in [5.41, 5.74) is 5.55. The van der Waals surface area contributed by atoms with Crippen LogP contribution in [0.15, 0.2) is 64.8 Å². The van der Waals surface area contributed by atoms with Gasteiger partial charge < -0.3 is 11.1 Å². The Morgan fingerprint density at radius 3 is 2.46 bits per heavy atom. The predicted octanol–water partition coefficient (Wildman–Crippen LogP) is 5.63. The molecule has 0 atom stereocenters. The third-order valence-corrected chi connectivity index (χ3v) is 4.70. The average Bonchev–Trinajstić information content (AvgIpc) is 2.60. The van der Waals surface area contributed by atoms with Gasteiger partial charge in [0, 0.05) is 10.6 Å². The zero-order valence-electron chi connectivity index (χ0n) is 13.1. The molecule has 0 radical (unpaired) electrons. The van der Waals surface area contributed by atoms with Crippen LogP contribution in [0.1, 0.15) is 5.56 Å². The number of hydrogen-bond donors (Lipinski definition) is 2. The lowest BCUT2D eigenvalue weighted by atomic mass is 10.2. The third-order valence-electron chi connectivity index (χ3n) is 3.34. The van der Waals surface area contributed by atoms with Crippen molar-refractivity contribution < 1.29 is 13.2 Å². The van der Waals surface area contributed by atoms with E-state index >= 15 is 0 Å². The van der Waals surface area contributed by atoms with Crippen molar-refractivity contribution in [2.45, 2.75) is 16.1 Å². The van der Waals surface area contributed by atoms with Gasteiger partial charge in [0.25, 0.3) is 0 Å². The number of benzene rings is 2. The number of halogens is 4. The summed E-state index contributed by atoms with van der Waals surface area (Å²) in [7, 11) is 0. The van der Waals surface area contributed by atoms with Gasteiger partial charge >= 0.3 is 6.18 Å². The first-order chi connectivity index (χ1) is 12.3. The number of hydrogen-bond acceptors (Lipinski definition) is 5. The number of nitrogens with zero attached hydrogens (tertiary/aromatic N) is 2. The molecule has 0 saturated heterocycles. The van der Waals surface area contributed by atoms with Gasteiger partial charge in [-0.2, -0.15) is 13.2 Å². The fourth-order valence-corrected chi connectivity index (χ4v) is 3.17. The molecule has 134 valence electrons. The number of nitrogen functional groups attached to an aromatic ring is 1. The Labute approximate surface area is 156 Å². The summed E-state index contributed by atoms with van der Waals surface area (Å²) in [5, 5.41) is 2.91. The molecule has 1 aromatic heterocycles. The lowest BCUT2D eigenvalue weighted by Crippen LogP contribution is -2.07. The third kappa shape index (κ3) is 4.20. The molecule has 0 amide bonds. The van der Waals surface area contributed by atoms with E-state index in [1.165, 1.54) is 30.2 Å². The topological polar surface area (TPSA) is 63.8 Å². The van der Waals surface area contributed by atoms with E-state index in [0.717, 1.165) is 11.0 Å². The lowest BCUT2D eigenvalue weighted by Gasteiger charge is -2.14. The van der Waals surface area contributed by atoms with Crippen molar-refractivity contribution >= 4 is 40.6 Å². The van der Waals surface area contributed by atoms with Gasteiger partial charge in [-0.15, -0.1) is 0 Å². The van der Waals surface area contributed by atoms with E-state index in [1.54, 1.807) is 0 Å². The fourth-order valence-electron chi connectivity index (χ4n) is 2.12. The van der Waals surface area contributed by atoms with Crippen LogP contribution in [0.3, 0.4) is 0 Å². The van der Waals surface area contributed by atoms with Gasteiger partial charge in [-0.25, -0.2) is 9.97 Å². The van der Waals surface area contributed by atoms with Gasteiger partial charge in [-0.1, -0.05) is 41.6 Å². The molecule has 0 fully saturated rings.